The van der Waals surface area contributed by atoms with Crippen LogP contribution in [-0.2, 0) is 4.52 Å². The molecule has 3 nitrogen and oxygen atoms in total. The van der Waals surface area contributed by atoms with Crippen LogP contribution in [0.5, 0.6) is 0 Å². The third-order valence-corrected chi connectivity index (χ3v) is 9.20. The van der Waals surface area contributed by atoms with E-state index in [0.717, 1.165) is 51.4 Å². The molecule has 0 aliphatic heterocycles. The summed E-state index contributed by atoms with van der Waals surface area (Å²) in [5, 5.41) is 0.617. The van der Waals surface area contributed by atoms with Crippen LogP contribution in [0.1, 0.15) is 64.2 Å². The number of hydrogen-bond acceptors (Lipinski definition) is 3. The van der Waals surface area contributed by atoms with E-state index in [4.69, 9.17) is 4.52 Å². The molecule has 1 aromatic rings. The molecule has 0 aromatic heterocycles. The van der Waals surface area contributed by atoms with Gasteiger partial charge in [-0.2, -0.15) is 0 Å². The predicted molar refractivity (Wildman–Crippen MR) is 92.3 cm³/mol. The van der Waals surface area contributed by atoms with Gasteiger partial charge in [0.15, 0.2) is 0 Å². The van der Waals surface area contributed by atoms with Crippen molar-refractivity contribution in [1.29, 1.82) is 0 Å². The van der Waals surface area contributed by atoms with Crippen molar-refractivity contribution in [1.82, 2.24) is 0 Å². The average Bonchev–Trinajstić information content (AvgIpc) is 2.57. The zero-order valence-electron chi connectivity index (χ0n) is 13.4. The molecule has 0 bridgehead atoms. The molecule has 1 aromatic carbocycles. The molecular formula is C18H29O3P. The summed E-state index contributed by atoms with van der Waals surface area (Å²) < 4.78 is 6.23. The maximum atomic E-state index is 11.6. The minimum atomic E-state index is -4.31. The molecule has 0 spiro atoms. The van der Waals surface area contributed by atoms with Crippen LogP contribution in [0.15, 0.2) is 30.3 Å². The van der Waals surface area contributed by atoms with E-state index < -0.39 is 7.28 Å². The first-order chi connectivity index (χ1) is 10.6. The van der Waals surface area contributed by atoms with Crippen molar-refractivity contribution < 1.29 is 14.3 Å². The molecule has 4 heteroatoms. The summed E-state index contributed by atoms with van der Waals surface area (Å²) in [6, 6.07) is 9.37. The van der Waals surface area contributed by atoms with Crippen molar-refractivity contribution in [3.05, 3.63) is 30.3 Å². The van der Waals surface area contributed by atoms with E-state index in [-0.39, 0.29) is 11.8 Å². The van der Waals surface area contributed by atoms with E-state index in [2.05, 4.69) is 0 Å². The summed E-state index contributed by atoms with van der Waals surface area (Å²) in [6.07, 6.45) is 10.5. The van der Waals surface area contributed by atoms with Crippen molar-refractivity contribution >= 4 is 12.6 Å². The Morgan fingerprint density at radius 2 is 1.32 bits per heavy atom. The van der Waals surface area contributed by atoms with Crippen LogP contribution in [0.25, 0.3) is 0 Å². The molecule has 0 saturated heterocycles. The summed E-state index contributed by atoms with van der Waals surface area (Å²) in [7, 11) is -4.31. The topological polar surface area (TPSA) is 49.7 Å². The number of hydrogen-bond donors (Lipinski definition) is 2. The Labute approximate surface area is 133 Å². The summed E-state index contributed by atoms with van der Waals surface area (Å²) >= 11 is 0. The van der Waals surface area contributed by atoms with Gasteiger partial charge in [-0.1, -0.05) is 0 Å². The first kappa shape index (κ1) is 16.4. The van der Waals surface area contributed by atoms with Gasteiger partial charge in [0, 0.05) is 0 Å². The Hall–Kier alpha value is -0.470. The molecule has 0 atom stereocenters. The van der Waals surface area contributed by atoms with E-state index >= 15 is 0 Å². The zero-order chi connectivity index (χ0) is 15.5. The van der Waals surface area contributed by atoms with Crippen molar-refractivity contribution in [2.75, 3.05) is 0 Å². The molecule has 2 aliphatic carbocycles. The van der Waals surface area contributed by atoms with Crippen molar-refractivity contribution in [2.45, 2.75) is 76.0 Å². The molecule has 3 rings (SSSR count). The zero-order valence-corrected chi connectivity index (χ0v) is 14.3. The first-order valence-corrected chi connectivity index (χ1v) is 11.0. The predicted octanol–water partition coefficient (Wildman–Crippen LogP) is 4.28. The van der Waals surface area contributed by atoms with Gasteiger partial charge in [0.2, 0.25) is 0 Å². The second-order valence-electron chi connectivity index (χ2n) is 7.00. The molecule has 0 unspecified atom stereocenters. The van der Waals surface area contributed by atoms with Gasteiger partial charge in [-0.25, -0.2) is 0 Å². The van der Waals surface area contributed by atoms with Crippen molar-refractivity contribution in [3.8, 4) is 0 Å². The third-order valence-electron chi connectivity index (χ3n) is 5.38. The van der Waals surface area contributed by atoms with Crippen molar-refractivity contribution in [2.24, 2.45) is 0 Å². The molecular weight excluding hydrogens is 295 g/mol. The Morgan fingerprint density at radius 3 is 1.91 bits per heavy atom. The van der Waals surface area contributed by atoms with Gasteiger partial charge in [0.25, 0.3) is 0 Å². The molecule has 2 aliphatic rings. The molecule has 2 fully saturated rings. The summed E-state index contributed by atoms with van der Waals surface area (Å²) in [5.74, 6) is 0. The normalized spacial score (nSPS) is 23.8. The van der Waals surface area contributed by atoms with Crippen LogP contribution in [0.2, 0.25) is 0 Å². The van der Waals surface area contributed by atoms with E-state index in [1.807, 2.05) is 30.3 Å². The van der Waals surface area contributed by atoms with E-state index in [1.165, 1.54) is 12.8 Å². The summed E-state index contributed by atoms with van der Waals surface area (Å²) in [6.45, 7) is 0. The first-order valence-electron chi connectivity index (χ1n) is 8.84. The molecule has 2 saturated carbocycles. The molecule has 0 radical (unpaired) electrons. The summed E-state index contributed by atoms with van der Waals surface area (Å²) in [4.78, 5) is 23.2. The second kappa shape index (κ2) is 6.57. The second-order valence-corrected chi connectivity index (χ2v) is 10.5. The van der Waals surface area contributed by atoms with Crippen LogP contribution in [0, 0.1) is 0 Å². The monoisotopic (exact) mass is 324 g/mol. The fourth-order valence-corrected chi connectivity index (χ4v) is 7.62. The van der Waals surface area contributed by atoms with Crippen LogP contribution in [-0.4, -0.2) is 21.5 Å². The van der Waals surface area contributed by atoms with Gasteiger partial charge < -0.3 is 0 Å². The van der Waals surface area contributed by atoms with E-state index in [0.29, 0.717) is 5.30 Å². The molecule has 2 N–H and O–H groups in total. The molecule has 0 amide bonds. The van der Waals surface area contributed by atoms with Gasteiger partial charge in [0.05, 0.1) is 0 Å². The fourth-order valence-electron chi connectivity index (χ4n) is 4.08. The van der Waals surface area contributed by atoms with Gasteiger partial charge >= 0.3 is 133 Å². The number of rotatable bonds is 4. The van der Waals surface area contributed by atoms with E-state index in [9.17, 15) is 9.79 Å². The fraction of sp³-hybridized carbons (Fsp3) is 0.667. The third kappa shape index (κ3) is 3.23. The Balaban J connectivity index is 1.93. The maximum absolute atomic E-state index is 11.6. The Bertz CT molecular complexity index is 476. The molecule has 124 valence electrons. The van der Waals surface area contributed by atoms with Crippen LogP contribution in [0.4, 0.5) is 0 Å². The number of benzene rings is 1. The Kier molecular flexibility index (Phi) is 4.89. The van der Waals surface area contributed by atoms with Crippen LogP contribution < -0.4 is 5.30 Å². The average molecular weight is 324 g/mol. The van der Waals surface area contributed by atoms with Gasteiger partial charge in [-0.05, 0) is 0 Å². The molecule has 22 heavy (non-hydrogen) atoms. The van der Waals surface area contributed by atoms with Crippen LogP contribution in [0.3, 0.4) is 0 Å². The van der Waals surface area contributed by atoms with Gasteiger partial charge in [0.1, 0.15) is 0 Å². The van der Waals surface area contributed by atoms with E-state index in [1.54, 1.807) is 0 Å². The summed E-state index contributed by atoms with van der Waals surface area (Å²) in [5.41, 5.74) is -0.121. The van der Waals surface area contributed by atoms with Gasteiger partial charge in [-0.3, -0.25) is 0 Å². The molecule has 0 heterocycles. The minimum absolute atomic E-state index is 0.00329. The standard InChI is InChI=1S/C18H29O3P/c19-22(20,17-12-6-2-7-13-17,18-14-8-3-9-15-18)21-16-10-4-1-5-11-16/h2,6-7,12-13,16,18-20H,1,3-5,8-11,14-15H2. The van der Waals surface area contributed by atoms with Crippen LogP contribution >= 0.6 is 7.28 Å². The SMILES string of the molecule is OP(O)(OC1CCCCC1)(c1ccccc1)C1CCCCC1. The Morgan fingerprint density at radius 1 is 0.773 bits per heavy atom. The van der Waals surface area contributed by atoms with Gasteiger partial charge in [-0.15, -0.1) is 0 Å². The van der Waals surface area contributed by atoms with Crippen molar-refractivity contribution in [3.63, 3.8) is 0 Å². The quantitative estimate of drug-likeness (QED) is 0.813.